The van der Waals surface area contributed by atoms with Gasteiger partial charge in [-0.1, -0.05) is 30.9 Å². The van der Waals surface area contributed by atoms with E-state index < -0.39 is 15.4 Å². The third-order valence-corrected chi connectivity index (χ3v) is 5.73. The number of hydrogen-bond acceptors (Lipinski definition) is 4. The maximum atomic E-state index is 11.6. The highest BCUT2D eigenvalue weighted by Gasteiger charge is 2.31. The zero-order valence-electron chi connectivity index (χ0n) is 14.0. The third kappa shape index (κ3) is 5.65. The van der Waals surface area contributed by atoms with Gasteiger partial charge in [0.15, 0.2) is 9.84 Å². The van der Waals surface area contributed by atoms with Gasteiger partial charge in [0.2, 0.25) is 0 Å². The van der Waals surface area contributed by atoms with Gasteiger partial charge in [-0.3, -0.25) is 4.90 Å². The van der Waals surface area contributed by atoms with Crippen LogP contribution in [0.1, 0.15) is 38.3 Å². The molecule has 5 heteroatoms. The van der Waals surface area contributed by atoms with Crippen LogP contribution < -0.4 is 0 Å². The van der Waals surface area contributed by atoms with E-state index in [-0.39, 0.29) is 11.8 Å². The summed E-state index contributed by atoms with van der Waals surface area (Å²) in [5.41, 5.74) is 1.01. The summed E-state index contributed by atoms with van der Waals surface area (Å²) in [6.07, 6.45) is 0.727. The lowest BCUT2D eigenvalue weighted by atomic mass is 10.1. The van der Waals surface area contributed by atoms with E-state index in [1.165, 1.54) is 0 Å². The van der Waals surface area contributed by atoms with E-state index in [1.807, 2.05) is 24.3 Å². The van der Waals surface area contributed by atoms with Crippen LogP contribution in [0.4, 0.5) is 0 Å². The van der Waals surface area contributed by atoms with E-state index in [0.29, 0.717) is 5.75 Å². The minimum absolute atomic E-state index is 0.125. The normalized spacial score (nSPS) is 20.3. The highest BCUT2D eigenvalue weighted by molar-refractivity contribution is 7.91. The van der Waals surface area contributed by atoms with Gasteiger partial charge in [-0.15, -0.1) is 0 Å². The van der Waals surface area contributed by atoms with Crippen molar-refractivity contribution < 1.29 is 13.5 Å². The first-order valence-electron chi connectivity index (χ1n) is 7.97. The molecule has 1 atom stereocenters. The Morgan fingerprint density at radius 3 is 2.43 bits per heavy atom. The van der Waals surface area contributed by atoms with Gasteiger partial charge >= 0.3 is 0 Å². The summed E-state index contributed by atoms with van der Waals surface area (Å²) in [4.78, 5) is 2.22. The molecule has 1 saturated heterocycles. The van der Waals surface area contributed by atoms with Crippen LogP contribution in [0.2, 0.25) is 0 Å². The van der Waals surface area contributed by atoms with Crippen molar-refractivity contribution >= 4 is 9.84 Å². The number of aliphatic hydroxyl groups is 1. The molecule has 1 aromatic rings. The highest BCUT2D eigenvalue weighted by Crippen LogP contribution is 2.20. The molecule has 126 valence electrons. The van der Waals surface area contributed by atoms with Crippen molar-refractivity contribution in [1.82, 2.24) is 4.90 Å². The van der Waals surface area contributed by atoms with Crippen LogP contribution in [0.5, 0.6) is 0 Å². The lowest BCUT2D eigenvalue weighted by molar-refractivity contribution is 0.143. The molecule has 1 fully saturated rings. The van der Waals surface area contributed by atoms with E-state index in [4.69, 9.17) is 0 Å². The number of benzene rings is 1. The summed E-state index contributed by atoms with van der Waals surface area (Å²) in [7, 11) is -2.85. The molecule has 1 aromatic carbocycles. The van der Waals surface area contributed by atoms with E-state index in [2.05, 4.69) is 23.7 Å². The fraction of sp³-hybridized carbons (Fsp3) is 0.556. The summed E-state index contributed by atoms with van der Waals surface area (Å²) < 4.78 is 23.3. The predicted octanol–water partition coefficient (Wildman–Crippen LogP) is 1.82. The van der Waals surface area contributed by atoms with Crippen molar-refractivity contribution in [1.29, 1.82) is 0 Å². The summed E-state index contributed by atoms with van der Waals surface area (Å²) >= 11 is 0. The molecule has 23 heavy (non-hydrogen) atoms. The predicted molar refractivity (Wildman–Crippen MR) is 92.8 cm³/mol. The Morgan fingerprint density at radius 1 is 1.30 bits per heavy atom. The minimum atomic E-state index is -2.85. The van der Waals surface area contributed by atoms with Crippen molar-refractivity contribution in [3.05, 3.63) is 35.4 Å². The Labute approximate surface area is 139 Å². The number of hydrogen-bond donors (Lipinski definition) is 1. The van der Waals surface area contributed by atoms with Crippen LogP contribution in [0.25, 0.3) is 0 Å². The van der Waals surface area contributed by atoms with Gasteiger partial charge in [-0.25, -0.2) is 8.42 Å². The van der Waals surface area contributed by atoms with Gasteiger partial charge in [0, 0.05) is 18.2 Å². The van der Waals surface area contributed by atoms with Crippen molar-refractivity contribution in [2.75, 3.05) is 18.1 Å². The van der Waals surface area contributed by atoms with E-state index in [0.717, 1.165) is 30.6 Å². The third-order valence-electron chi connectivity index (χ3n) is 3.98. The van der Waals surface area contributed by atoms with Crippen LogP contribution in [-0.4, -0.2) is 48.1 Å². The molecule has 0 unspecified atom stereocenters. The molecular weight excluding hydrogens is 310 g/mol. The van der Waals surface area contributed by atoms with Crippen LogP contribution in [-0.2, 0) is 16.4 Å². The van der Waals surface area contributed by atoms with Gasteiger partial charge in [0.25, 0.3) is 0 Å². The topological polar surface area (TPSA) is 57.6 Å². The summed E-state index contributed by atoms with van der Waals surface area (Å²) in [5, 5.41) is 9.62. The van der Waals surface area contributed by atoms with Crippen LogP contribution >= 0.6 is 0 Å². The zero-order chi connectivity index (χ0) is 17.1. The Balaban J connectivity index is 2.03. The largest absolute Gasteiger partial charge is 0.378 e. The monoisotopic (exact) mass is 335 g/mol. The first-order valence-corrected chi connectivity index (χ1v) is 9.79. The maximum Gasteiger partial charge on any atom is 0.151 e. The second-order valence-corrected chi connectivity index (χ2v) is 8.85. The molecule has 1 aliphatic rings. The smallest absolute Gasteiger partial charge is 0.151 e. The van der Waals surface area contributed by atoms with Crippen LogP contribution in [0.3, 0.4) is 0 Å². The zero-order valence-corrected chi connectivity index (χ0v) is 14.9. The molecule has 1 aliphatic heterocycles. The molecule has 0 spiro atoms. The first-order chi connectivity index (χ1) is 10.7. The molecule has 1 N–H and O–H groups in total. The second kappa shape index (κ2) is 7.04. The van der Waals surface area contributed by atoms with E-state index in [9.17, 15) is 13.5 Å². The molecule has 0 saturated carbocycles. The molecule has 0 aliphatic carbocycles. The average Bonchev–Trinajstić information content (AvgIpc) is 2.83. The standard InChI is InChI=1S/C18H25NO3S/c1-4-19(17-10-12-23(21,22)14-17)13-16-7-5-15(6-8-16)9-11-18(2,3)20/h5-8,17,20H,4,10,12-14H2,1-3H3/t17-/m1/s1. The molecule has 4 nitrogen and oxygen atoms in total. The van der Waals surface area contributed by atoms with Crippen LogP contribution in [0.15, 0.2) is 24.3 Å². The number of nitrogens with zero attached hydrogens (tertiary/aromatic N) is 1. The van der Waals surface area contributed by atoms with Gasteiger partial charge in [0.05, 0.1) is 11.5 Å². The highest BCUT2D eigenvalue weighted by atomic mass is 32.2. The van der Waals surface area contributed by atoms with Crippen molar-refractivity contribution in [2.24, 2.45) is 0 Å². The minimum Gasteiger partial charge on any atom is -0.378 e. The van der Waals surface area contributed by atoms with Crippen molar-refractivity contribution in [2.45, 2.75) is 45.4 Å². The Bertz CT molecular complexity index is 691. The molecule has 0 aromatic heterocycles. The summed E-state index contributed by atoms with van der Waals surface area (Å²) in [5.74, 6) is 6.32. The van der Waals surface area contributed by atoms with Crippen molar-refractivity contribution in [3.63, 3.8) is 0 Å². The second-order valence-electron chi connectivity index (χ2n) is 6.63. The Hall–Kier alpha value is -1.35. The Morgan fingerprint density at radius 2 is 1.96 bits per heavy atom. The van der Waals surface area contributed by atoms with Crippen LogP contribution in [0, 0.1) is 11.8 Å². The van der Waals surface area contributed by atoms with Gasteiger partial charge in [-0.05, 0) is 44.5 Å². The molecule has 1 heterocycles. The number of rotatable bonds is 4. The molecule has 2 rings (SSSR count). The fourth-order valence-corrected chi connectivity index (χ4v) is 4.48. The van der Waals surface area contributed by atoms with E-state index >= 15 is 0 Å². The summed E-state index contributed by atoms with van der Waals surface area (Å²) in [6.45, 7) is 6.96. The lowest BCUT2D eigenvalue weighted by Crippen LogP contribution is -2.35. The Kier molecular flexibility index (Phi) is 5.51. The molecule has 0 amide bonds. The van der Waals surface area contributed by atoms with Crippen molar-refractivity contribution in [3.8, 4) is 11.8 Å². The van der Waals surface area contributed by atoms with Gasteiger partial charge in [-0.2, -0.15) is 0 Å². The quantitative estimate of drug-likeness (QED) is 0.853. The fourth-order valence-electron chi connectivity index (χ4n) is 2.72. The van der Waals surface area contributed by atoms with Gasteiger partial charge < -0.3 is 5.11 Å². The van der Waals surface area contributed by atoms with E-state index in [1.54, 1.807) is 13.8 Å². The SMILES string of the molecule is CCN(Cc1ccc(C#CC(C)(C)O)cc1)[C@@H]1CCS(=O)(=O)C1. The molecular formula is C18H25NO3S. The lowest BCUT2D eigenvalue weighted by Gasteiger charge is -2.26. The average molecular weight is 335 g/mol. The first kappa shape index (κ1) is 18.0. The van der Waals surface area contributed by atoms with Gasteiger partial charge in [0.1, 0.15) is 5.60 Å². The number of sulfone groups is 1. The maximum absolute atomic E-state index is 11.6. The summed E-state index contributed by atoms with van der Waals surface area (Å²) in [6, 6.07) is 8.03. The molecule has 0 bridgehead atoms. The molecule has 0 radical (unpaired) electrons.